The van der Waals surface area contributed by atoms with Crippen LogP contribution in [-0.2, 0) is 9.59 Å². The summed E-state index contributed by atoms with van der Waals surface area (Å²) in [6.07, 6.45) is 34.8. The molecule has 7 nitrogen and oxygen atoms in total. The van der Waals surface area contributed by atoms with Crippen LogP contribution in [0.5, 0.6) is 0 Å². The molecule has 0 saturated heterocycles. The second-order valence-electron chi connectivity index (χ2n) is 9.51. The van der Waals surface area contributed by atoms with Gasteiger partial charge in [-0.1, -0.05) is 79.8 Å². The molecular formula is C34H46FN3O4. The highest BCUT2D eigenvalue weighted by atomic mass is 19.1. The molecule has 1 aromatic heterocycles. The Labute approximate surface area is 250 Å². The van der Waals surface area contributed by atoms with Crippen LogP contribution < -0.4 is 10.6 Å². The third-order valence-corrected chi connectivity index (χ3v) is 5.98. The van der Waals surface area contributed by atoms with Crippen molar-refractivity contribution in [1.29, 1.82) is 0 Å². The van der Waals surface area contributed by atoms with E-state index in [9.17, 15) is 23.9 Å². The quantitative estimate of drug-likeness (QED) is 0.0767. The number of carboxylic acid groups (broad SMARTS) is 1. The second kappa shape index (κ2) is 24.7. The van der Waals surface area contributed by atoms with E-state index in [1.165, 1.54) is 18.3 Å². The minimum Gasteiger partial charge on any atom is -0.480 e. The Balaban J connectivity index is 2.07. The fraction of sp³-hybridized carbons (Fsp3) is 0.412. The summed E-state index contributed by atoms with van der Waals surface area (Å²) in [4.78, 5) is 39.0. The van der Waals surface area contributed by atoms with Crippen molar-refractivity contribution in [2.75, 3.05) is 6.54 Å². The topological polar surface area (TPSA) is 108 Å². The number of hydrogen-bond acceptors (Lipinski definition) is 4. The number of aromatic nitrogens is 1. The van der Waals surface area contributed by atoms with Gasteiger partial charge in [-0.2, -0.15) is 4.39 Å². The van der Waals surface area contributed by atoms with Gasteiger partial charge >= 0.3 is 5.97 Å². The lowest BCUT2D eigenvalue weighted by Crippen LogP contribution is -2.41. The van der Waals surface area contributed by atoms with Crippen molar-refractivity contribution in [2.24, 2.45) is 0 Å². The first-order valence-corrected chi connectivity index (χ1v) is 14.8. The number of amides is 2. The number of allylic oxidation sites excluding steroid dienone is 12. The summed E-state index contributed by atoms with van der Waals surface area (Å²) in [7, 11) is 0. The van der Waals surface area contributed by atoms with Crippen LogP contribution in [0.1, 0.15) is 87.9 Å². The lowest BCUT2D eigenvalue weighted by Gasteiger charge is -2.14. The fourth-order valence-electron chi connectivity index (χ4n) is 3.69. The zero-order valence-electron chi connectivity index (χ0n) is 24.7. The average molecular weight is 580 g/mol. The lowest BCUT2D eigenvalue weighted by molar-refractivity contribution is -0.139. The van der Waals surface area contributed by atoms with Crippen LogP contribution in [0, 0.1) is 5.95 Å². The number of rotatable bonds is 22. The molecule has 1 rings (SSSR count). The standard InChI is InChI=1S/C34H46FN3O4/c1-2-3-4-5-6-7-8-9-10-11-12-13-14-15-16-17-18-19-20-26-31(39)36-27-22-21-25-30(34(41)42)38-33(40)29-24-23-28-37-32(29)35/h3-4,6-7,9-10,12-13,15-16,18-19,23-24,28,30H,2,5,8,11,14,17,20-22,25-27H2,1H3,(H,36,39)(H,38,40)(H,41,42)/b4-3-,7-6-,10-9-,13-12-,16-15-,19-18-/t30-/m0/s1. The lowest BCUT2D eigenvalue weighted by atomic mass is 10.1. The Morgan fingerprint density at radius 2 is 1.40 bits per heavy atom. The smallest absolute Gasteiger partial charge is 0.326 e. The van der Waals surface area contributed by atoms with E-state index in [-0.39, 0.29) is 17.9 Å². The number of carbonyl (C=O) groups excluding carboxylic acids is 2. The Kier molecular flexibility index (Phi) is 21.1. The third kappa shape index (κ3) is 19.1. The van der Waals surface area contributed by atoms with Crippen LogP contribution in [-0.4, -0.2) is 40.5 Å². The molecule has 0 fully saturated rings. The Morgan fingerprint density at radius 3 is 1.93 bits per heavy atom. The SMILES string of the molecule is CC/C=C\C/C=C\C/C=C\C/C=C\C/C=C\C/C=C\CCC(=O)NCCCC[C@H](NC(=O)c1cccnc1F)C(=O)O. The maximum absolute atomic E-state index is 13.6. The van der Waals surface area contributed by atoms with E-state index in [0.717, 1.165) is 38.5 Å². The fourth-order valence-corrected chi connectivity index (χ4v) is 3.69. The number of aliphatic carboxylic acids is 1. The molecule has 0 saturated carbocycles. The van der Waals surface area contributed by atoms with E-state index in [1.54, 1.807) is 0 Å². The molecule has 228 valence electrons. The van der Waals surface area contributed by atoms with Crippen molar-refractivity contribution >= 4 is 17.8 Å². The van der Waals surface area contributed by atoms with E-state index in [0.29, 0.717) is 32.2 Å². The summed E-state index contributed by atoms with van der Waals surface area (Å²) >= 11 is 0. The average Bonchev–Trinajstić information content (AvgIpc) is 2.97. The highest BCUT2D eigenvalue weighted by molar-refractivity contribution is 5.96. The molecule has 0 radical (unpaired) electrons. The summed E-state index contributed by atoms with van der Waals surface area (Å²) in [5.74, 6) is -3.04. The van der Waals surface area contributed by atoms with Gasteiger partial charge in [0.25, 0.3) is 5.91 Å². The van der Waals surface area contributed by atoms with E-state index < -0.39 is 23.9 Å². The summed E-state index contributed by atoms with van der Waals surface area (Å²) in [6, 6.07) is 1.49. The number of nitrogens with one attached hydrogen (secondary N) is 2. The van der Waals surface area contributed by atoms with Crippen molar-refractivity contribution in [3.8, 4) is 0 Å². The predicted molar refractivity (Wildman–Crippen MR) is 167 cm³/mol. The molecule has 0 spiro atoms. The van der Waals surface area contributed by atoms with Crippen molar-refractivity contribution in [2.45, 2.75) is 83.6 Å². The largest absolute Gasteiger partial charge is 0.480 e. The first-order chi connectivity index (χ1) is 20.5. The predicted octanol–water partition coefficient (Wildman–Crippen LogP) is 7.17. The van der Waals surface area contributed by atoms with Gasteiger partial charge in [-0.05, 0) is 76.3 Å². The minimum absolute atomic E-state index is 0.0651. The molecule has 0 aliphatic rings. The van der Waals surface area contributed by atoms with E-state index in [2.05, 4.69) is 83.3 Å². The Hall–Kier alpha value is -4.07. The van der Waals surface area contributed by atoms with Crippen LogP contribution in [0.4, 0.5) is 4.39 Å². The van der Waals surface area contributed by atoms with Gasteiger partial charge in [0.05, 0.1) is 5.56 Å². The summed E-state index contributed by atoms with van der Waals surface area (Å²) < 4.78 is 13.6. The van der Waals surface area contributed by atoms with Gasteiger partial charge < -0.3 is 15.7 Å². The number of halogens is 1. The van der Waals surface area contributed by atoms with Crippen LogP contribution in [0.3, 0.4) is 0 Å². The van der Waals surface area contributed by atoms with Gasteiger partial charge in [0.15, 0.2) is 0 Å². The first-order valence-electron chi connectivity index (χ1n) is 14.8. The van der Waals surface area contributed by atoms with Gasteiger partial charge in [0.2, 0.25) is 11.9 Å². The number of carbonyl (C=O) groups is 3. The van der Waals surface area contributed by atoms with Gasteiger partial charge in [-0.25, -0.2) is 9.78 Å². The van der Waals surface area contributed by atoms with Crippen LogP contribution in [0.2, 0.25) is 0 Å². The van der Waals surface area contributed by atoms with E-state index in [4.69, 9.17) is 0 Å². The number of unbranched alkanes of at least 4 members (excludes halogenated alkanes) is 1. The number of nitrogens with zero attached hydrogens (tertiary/aromatic N) is 1. The molecule has 2 amide bonds. The molecule has 1 heterocycles. The Morgan fingerprint density at radius 1 is 0.857 bits per heavy atom. The second-order valence-corrected chi connectivity index (χ2v) is 9.51. The van der Waals surface area contributed by atoms with E-state index in [1.807, 2.05) is 12.2 Å². The van der Waals surface area contributed by atoms with Gasteiger partial charge in [0.1, 0.15) is 6.04 Å². The molecule has 0 unspecified atom stereocenters. The summed E-state index contributed by atoms with van der Waals surface area (Å²) in [5.41, 5.74) is -0.303. The highest BCUT2D eigenvalue weighted by Gasteiger charge is 2.22. The molecule has 0 bridgehead atoms. The normalized spacial score (nSPS) is 12.9. The van der Waals surface area contributed by atoms with Crippen molar-refractivity contribution in [3.63, 3.8) is 0 Å². The Bertz CT molecular complexity index is 1110. The minimum atomic E-state index is -1.20. The molecule has 42 heavy (non-hydrogen) atoms. The van der Waals surface area contributed by atoms with E-state index >= 15 is 0 Å². The monoisotopic (exact) mass is 579 g/mol. The van der Waals surface area contributed by atoms with Crippen molar-refractivity contribution < 1.29 is 23.9 Å². The molecule has 8 heteroatoms. The zero-order chi connectivity index (χ0) is 30.7. The van der Waals surface area contributed by atoms with Crippen LogP contribution in [0.15, 0.2) is 91.2 Å². The third-order valence-electron chi connectivity index (χ3n) is 5.98. The number of pyridine rings is 1. The first kappa shape index (κ1) is 36.0. The molecule has 3 N–H and O–H groups in total. The van der Waals surface area contributed by atoms with Crippen LogP contribution in [0.25, 0.3) is 0 Å². The molecular weight excluding hydrogens is 533 g/mol. The summed E-state index contributed by atoms with van der Waals surface area (Å²) in [6.45, 7) is 2.55. The molecule has 1 atom stereocenters. The van der Waals surface area contributed by atoms with Crippen molar-refractivity contribution in [1.82, 2.24) is 15.6 Å². The number of hydrogen-bond donors (Lipinski definition) is 3. The highest BCUT2D eigenvalue weighted by Crippen LogP contribution is 2.07. The van der Waals surface area contributed by atoms with Gasteiger partial charge in [0, 0.05) is 19.2 Å². The van der Waals surface area contributed by atoms with Crippen molar-refractivity contribution in [3.05, 3.63) is 103 Å². The zero-order valence-corrected chi connectivity index (χ0v) is 24.7. The molecule has 1 aromatic rings. The maximum atomic E-state index is 13.6. The van der Waals surface area contributed by atoms with Gasteiger partial charge in [-0.15, -0.1) is 0 Å². The number of carboxylic acids is 1. The maximum Gasteiger partial charge on any atom is 0.326 e. The van der Waals surface area contributed by atoms with Gasteiger partial charge in [-0.3, -0.25) is 9.59 Å². The molecule has 0 aliphatic heterocycles. The summed E-state index contributed by atoms with van der Waals surface area (Å²) in [5, 5.41) is 14.5. The van der Waals surface area contributed by atoms with Crippen LogP contribution >= 0.6 is 0 Å². The molecule has 0 aliphatic carbocycles. The molecule has 0 aromatic carbocycles.